The molecule has 112 valence electrons. The van der Waals surface area contributed by atoms with Crippen LogP contribution in [0.25, 0.3) is 0 Å². The Kier molecular flexibility index (Phi) is 5.32. The van der Waals surface area contributed by atoms with Crippen LogP contribution in [0.1, 0.15) is 33.9 Å². The molecule has 0 radical (unpaired) electrons. The van der Waals surface area contributed by atoms with Crippen molar-refractivity contribution in [1.29, 1.82) is 0 Å². The molecule has 21 heavy (non-hydrogen) atoms. The van der Waals surface area contributed by atoms with E-state index >= 15 is 0 Å². The number of hydrogen-bond acceptors (Lipinski definition) is 1. The summed E-state index contributed by atoms with van der Waals surface area (Å²) in [5.74, 6) is 0. The van der Waals surface area contributed by atoms with Crippen LogP contribution in [0, 0.1) is 20.8 Å². The zero-order valence-corrected chi connectivity index (χ0v) is 14.4. The molecule has 0 aliphatic rings. The lowest BCUT2D eigenvalue weighted by atomic mass is 9.90. The number of likely N-dealkylation sites (N-methyl/N-ethyl adjacent to an activating group) is 1. The van der Waals surface area contributed by atoms with Crippen molar-refractivity contribution < 1.29 is 0 Å². The smallest absolute Gasteiger partial charge is 0.0453 e. The number of nitrogens with one attached hydrogen (secondary N) is 1. The average Bonchev–Trinajstić information content (AvgIpc) is 2.39. The van der Waals surface area contributed by atoms with Crippen LogP contribution in [0.15, 0.2) is 30.3 Å². The molecule has 1 N–H and O–H groups in total. The molecule has 2 rings (SSSR count). The van der Waals surface area contributed by atoms with Crippen molar-refractivity contribution in [2.45, 2.75) is 33.2 Å². The molecule has 1 nitrogen and oxygen atoms in total. The van der Waals surface area contributed by atoms with Crippen molar-refractivity contribution in [3.8, 4) is 0 Å². The highest BCUT2D eigenvalue weighted by molar-refractivity contribution is 6.36. The molecule has 0 aromatic heterocycles. The second-order valence-corrected chi connectivity index (χ2v) is 6.37. The van der Waals surface area contributed by atoms with Gasteiger partial charge >= 0.3 is 0 Å². The van der Waals surface area contributed by atoms with Gasteiger partial charge in [-0.3, -0.25) is 0 Å². The molecular weight excluding hydrogens is 301 g/mol. The highest BCUT2D eigenvalue weighted by Crippen LogP contribution is 2.32. The van der Waals surface area contributed by atoms with E-state index in [0.717, 1.165) is 22.0 Å². The number of hydrogen-bond donors (Lipinski definition) is 1. The largest absolute Gasteiger partial charge is 0.313 e. The van der Waals surface area contributed by atoms with Gasteiger partial charge in [-0.2, -0.15) is 0 Å². The van der Waals surface area contributed by atoms with Crippen LogP contribution in [0.4, 0.5) is 0 Å². The van der Waals surface area contributed by atoms with E-state index < -0.39 is 0 Å². The lowest BCUT2D eigenvalue weighted by molar-refractivity contribution is 0.586. The maximum absolute atomic E-state index is 6.31. The average molecular weight is 322 g/mol. The Morgan fingerprint density at radius 1 is 1.00 bits per heavy atom. The van der Waals surface area contributed by atoms with Gasteiger partial charge in [0.15, 0.2) is 0 Å². The molecule has 0 heterocycles. The first-order valence-corrected chi connectivity index (χ1v) is 7.87. The third kappa shape index (κ3) is 3.60. The summed E-state index contributed by atoms with van der Waals surface area (Å²) in [7, 11) is 1.98. The summed E-state index contributed by atoms with van der Waals surface area (Å²) in [5.41, 5.74) is 6.23. The molecule has 3 heteroatoms. The van der Waals surface area contributed by atoms with Crippen LogP contribution in [-0.4, -0.2) is 7.05 Å². The van der Waals surface area contributed by atoms with Gasteiger partial charge in [0.1, 0.15) is 0 Å². The van der Waals surface area contributed by atoms with Crippen LogP contribution in [0.5, 0.6) is 0 Å². The zero-order valence-electron chi connectivity index (χ0n) is 12.9. The summed E-state index contributed by atoms with van der Waals surface area (Å²) in [5, 5.41) is 4.86. The minimum Gasteiger partial charge on any atom is -0.313 e. The molecule has 0 bridgehead atoms. The Balaban J connectivity index is 2.42. The molecular formula is C18H21Cl2N. The second kappa shape index (κ2) is 6.83. The van der Waals surface area contributed by atoms with Crippen LogP contribution in [0.2, 0.25) is 10.0 Å². The minimum atomic E-state index is 0.197. The van der Waals surface area contributed by atoms with Crippen LogP contribution in [0.3, 0.4) is 0 Å². The number of benzene rings is 2. The van der Waals surface area contributed by atoms with Crippen molar-refractivity contribution in [2.24, 2.45) is 0 Å². The Morgan fingerprint density at radius 3 is 2.00 bits per heavy atom. The lowest BCUT2D eigenvalue weighted by Gasteiger charge is -2.23. The molecule has 0 saturated heterocycles. The summed E-state index contributed by atoms with van der Waals surface area (Å²) < 4.78 is 0. The van der Waals surface area contributed by atoms with Gasteiger partial charge in [0, 0.05) is 16.1 Å². The fraction of sp³-hybridized carbons (Fsp3) is 0.333. The number of rotatable bonds is 4. The molecule has 2 aromatic carbocycles. The normalized spacial score (nSPS) is 12.5. The first kappa shape index (κ1) is 16.4. The quantitative estimate of drug-likeness (QED) is 0.792. The summed E-state index contributed by atoms with van der Waals surface area (Å²) in [6.45, 7) is 6.45. The van der Waals surface area contributed by atoms with Crippen molar-refractivity contribution in [1.82, 2.24) is 5.32 Å². The molecule has 0 aliphatic carbocycles. The molecule has 0 fully saturated rings. The maximum Gasteiger partial charge on any atom is 0.0453 e. The standard InChI is InChI=1S/C18H21Cl2N/c1-11-8-12(2)18(13(3)9-11)17(21-4)10-14-15(19)6-5-7-16(14)20/h5-9,17,21H,10H2,1-4H3. The zero-order chi connectivity index (χ0) is 15.6. The molecule has 0 aliphatic heterocycles. The second-order valence-electron chi connectivity index (χ2n) is 5.56. The summed E-state index contributed by atoms with van der Waals surface area (Å²) in [6.07, 6.45) is 0.778. The van der Waals surface area contributed by atoms with Crippen molar-refractivity contribution in [2.75, 3.05) is 7.05 Å². The Hall–Kier alpha value is -1.02. The van der Waals surface area contributed by atoms with E-state index in [1.54, 1.807) is 0 Å². The van der Waals surface area contributed by atoms with E-state index in [1.807, 2.05) is 25.2 Å². The Morgan fingerprint density at radius 2 is 1.52 bits per heavy atom. The fourth-order valence-corrected chi connectivity index (χ4v) is 3.57. The topological polar surface area (TPSA) is 12.0 Å². The van der Waals surface area contributed by atoms with Gasteiger partial charge in [0.25, 0.3) is 0 Å². The highest BCUT2D eigenvalue weighted by atomic mass is 35.5. The predicted molar refractivity (Wildman–Crippen MR) is 92.6 cm³/mol. The molecule has 1 unspecified atom stereocenters. The molecule has 2 aromatic rings. The fourth-order valence-electron chi connectivity index (χ4n) is 3.02. The first-order chi connectivity index (χ1) is 9.93. The van der Waals surface area contributed by atoms with Crippen molar-refractivity contribution in [3.63, 3.8) is 0 Å². The van der Waals surface area contributed by atoms with E-state index in [2.05, 4.69) is 38.2 Å². The van der Waals surface area contributed by atoms with Crippen LogP contribution < -0.4 is 5.32 Å². The Bertz CT molecular complexity index is 606. The van der Waals surface area contributed by atoms with E-state index in [4.69, 9.17) is 23.2 Å². The van der Waals surface area contributed by atoms with Crippen molar-refractivity contribution >= 4 is 23.2 Å². The Labute approximate surface area is 137 Å². The first-order valence-electron chi connectivity index (χ1n) is 7.12. The predicted octanol–water partition coefficient (Wildman–Crippen LogP) is 5.42. The van der Waals surface area contributed by atoms with Gasteiger partial charge in [-0.15, -0.1) is 0 Å². The highest BCUT2D eigenvalue weighted by Gasteiger charge is 2.18. The maximum atomic E-state index is 6.31. The number of halogens is 2. The number of aryl methyl sites for hydroxylation is 3. The summed E-state index contributed by atoms with van der Waals surface area (Å²) >= 11 is 12.6. The van der Waals surface area contributed by atoms with E-state index in [0.29, 0.717) is 0 Å². The third-order valence-electron chi connectivity index (χ3n) is 3.90. The van der Waals surface area contributed by atoms with Gasteiger partial charge < -0.3 is 5.32 Å². The van der Waals surface area contributed by atoms with E-state index in [9.17, 15) is 0 Å². The van der Waals surface area contributed by atoms with Gasteiger partial charge in [-0.1, -0.05) is 47.0 Å². The van der Waals surface area contributed by atoms with Crippen LogP contribution >= 0.6 is 23.2 Å². The molecule has 1 atom stereocenters. The summed E-state index contributed by atoms with van der Waals surface area (Å²) in [6, 6.07) is 10.3. The molecule has 0 saturated carbocycles. The van der Waals surface area contributed by atoms with E-state index in [1.165, 1.54) is 22.3 Å². The van der Waals surface area contributed by atoms with Gasteiger partial charge in [-0.05, 0) is 68.6 Å². The summed E-state index contributed by atoms with van der Waals surface area (Å²) in [4.78, 5) is 0. The van der Waals surface area contributed by atoms with Gasteiger partial charge in [0.05, 0.1) is 0 Å². The SMILES string of the molecule is CNC(Cc1c(Cl)cccc1Cl)c1c(C)cc(C)cc1C. The van der Waals surface area contributed by atoms with Gasteiger partial charge in [0.2, 0.25) is 0 Å². The third-order valence-corrected chi connectivity index (χ3v) is 4.61. The van der Waals surface area contributed by atoms with Crippen molar-refractivity contribution in [3.05, 3.63) is 68.2 Å². The minimum absolute atomic E-state index is 0.197. The van der Waals surface area contributed by atoms with Crippen LogP contribution in [-0.2, 0) is 6.42 Å². The molecule has 0 spiro atoms. The van der Waals surface area contributed by atoms with E-state index in [-0.39, 0.29) is 6.04 Å². The van der Waals surface area contributed by atoms with Gasteiger partial charge in [-0.25, -0.2) is 0 Å². The lowest BCUT2D eigenvalue weighted by Crippen LogP contribution is -2.21. The monoisotopic (exact) mass is 321 g/mol. The molecule has 0 amide bonds.